The van der Waals surface area contributed by atoms with E-state index in [9.17, 15) is 4.79 Å². The Morgan fingerprint density at radius 2 is 1.73 bits per heavy atom. The number of carbonyl (C=O) groups excluding carboxylic acids is 1. The molecule has 5 heteroatoms. The molecule has 0 aliphatic carbocycles. The highest BCUT2D eigenvalue weighted by atomic mass is 16.2. The van der Waals surface area contributed by atoms with Gasteiger partial charge >= 0.3 is 6.03 Å². The van der Waals surface area contributed by atoms with E-state index in [1.54, 1.807) is 0 Å². The molecule has 2 rings (SSSR count). The predicted octanol–water partition coefficient (Wildman–Crippen LogP) is 2.56. The number of hydrogen-bond acceptors (Lipinski definition) is 3. The van der Waals surface area contributed by atoms with Crippen LogP contribution in [-0.2, 0) is 0 Å². The van der Waals surface area contributed by atoms with Gasteiger partial charge in [0.05, 0.1) is 0 Å². The molecule has 1 saturated heterocycles. The van der Waals surface area contributed by atoms with Crippen molar-refractivity contribution in [3.63, 3.8) is 0 Å². The number of nitrogens with one attached hydrogen (secondary N) is 1. The number of urea groups is 1. The molecule has 1 heterocycles. The molecule has 1 fully saturated rings. The first kappa shape index (κ1) is 16.6. The molecule has 0 bridgehead atoms. The lowest BCUT2D eigenvalue weighted by Crippen LogP contribution is -2.50. The Morgan fingerprint density at radius 3 is 2.23 bits per heavy atom. The van der Waals surface area contributed by atoms with Gasteiger partial charge in [-0.3, -0.25) is 4.90 Å². The van der Waals surface area contributed by atoms with Crippen LogP contribution in [0, 0.1) is 5.92 Å². The summed E-state index contributed by atoms with van der Waals surface area (Å²) in [6.07, 6.45) is 0. The molecule has 0 aromatic heterocycles. The fraction of sp³-hybridized carbons (Fsp3) is 0.588. The Labute approximate surface area is 133 Å². The van der Waals surface area contributed by atoms with Crippen molar-refractivity contribution in [1.82, 2.24) is 9.80 Å². The van der Waals surface area contributed by atoms with Crippen LogP contribution in [0.15, 0.2) is 24.3 Å². The lowest BCUT2D eigenvalue weighted by Gasteiger charge is -2.35. The number of hydrogen-bond donors (Lipinski definition) is 1. The zero-order valence-electron chi connectivity index (χ0n) is 14.2. The normalized spacial score (nSPS) is 16.0. The SMILES string of the molecule is CC(C)CN1CCN(C(=O)Nc2ccc(N(C)C)cc2)CC1. The molecule has 1 aliphatic heterocycles. The third-order valence-electron chi connectivity index (χ3n) is 3.92. The van der Waals surface area contributed by atoms with Crippen molar-refractivity contribution in [2.75, 3.05) is 57.0 Å². The van der Waals surface area contributed by atoms with Crippen LogP contribution in [0.25, 0.3) is 0 Å². The number of carbonyl (C=O) groups is 1. The monoisotopic (exact) mass is 304 g/mol. The predicted molar refractivity (Wildman–Crippen MR) is 92.6 cm³/mol. The van der Waals surface area contributed by atoms with Gasteiger partial charge in [-0.05, 0) is 30.2 Å². The smallest absolute Gasteiger partial charge is 0.321 e. The zero-order chi connectivity index (χ0) is 16.1. The Balaban J connectivity index is 1.83. The summed E-state index contributed by atoms with van der Waals surface area (Å²) < 4.78 is 0. The van der Waals surface area contributed by atoms with Crippen LogP contribution >= 0.6 is 0 Å². The van der Waals surface area contributed by atoms with E-state index in [0.29, 0.717) is 5.92 Å². The zero-order valence-corrected chi connectivity index (χ0v) is 14.2. The van der Waals surface area contributed by atoms with Gasteiger partial charge in [-0.25, -0.2) is 4.79 Å². The summed E-state index contributed by atoms with van der Waals surface area (Å²) in [7, 11) is 4.01. The van der Waals surface area contributed by atoms with E-state index in [-0.39, 0.29) is 6.03 Å². The number of anilines is 2. The van der Waals surface area contributed by atoms with Crippen molar-refractivity contribution in [1.29, 1.82) is 0 Å². The minimum absolute atomic E-state index is 0.00167. The van der Waals surface area contributed by atoms with Crippen molar-refractivity contribution in [2.45, 2.75) is 13.8 Å². The second-order valence-electron chi connectivity index (χ2n) is 6.55. The molecule has 2 amide bonds. The molecule has 0 atom stereocenters. The minimum atomic E-state index is 0.00167. The van der Waals surface area contributed by atoms with Crippen LogP contribution in [0.3, 0.4) is 0 Å². The van der Waals surface area contributed by atoms with Crippen LogP contribution in [0.5, 0.6) is 0 Å². The van der Waals surface area contributed by atoms with Gasteiger partial charge < -0.3 is 15.1 Å². The van der Waals surface area contributed by atoms with Crippen molar-refractivity contribution in [3.8, 4) is 0 Å². The number of piperazine rings is 1. The van der Waals surface area contributed by atoms with E-state index in [0.717, 1.165) is 44.1 Å². The number of nitrogens with zero attached hydrogens (tertiary/aromatic N) is 3. The van der Waals surface area contributed by atoms with E-state index in [1.807, 2.05) is 48.2 Å². The number of amides is 2. The molecule has 0 unspecified atom stereocenters. The molecule has 5 nitrogen and oxygen atoms in total. The molecule has 1 aromatic rings. The van der Waals surface area contributed by atoms with Crippen LogP contribution in [0.1, 0.15) is 13.8 Å². The summed E-state index contributed by atoms with van der Waals surface area (Å²) in [5.41, 5.74) is 1.97. The average molecular weight is 304 g/mol. The van der Waals surface area contributed by atoms with Crippen LogP contribution in [-0.4, -0.2) is 62.7 Å². The molecule has 1 aromatic carbocycles. The first-order valence-electron chi connectivity index (χ1n) is 8.01. The van der Waals surface area contributed by atoms with Gasteiger partial charge in [0.1, 0.15) is 0 Å². The Hall–Kier alpha value is -1.75. The quantitative estimate of drug-likeness (QED) is 0.929. The average Bonchev–Trinajstić information content (AvgIpc) is 2.48. The fourth-order valence-electron chi connectivity index (χ4n) is 2.70. The molecule has 1 aliphatic rings. The van der Waals surface area contributed by atoms with E-state index in [4.69, 9.17) is 0 Å². The van der Waals surface area contributed by atoms with Gasteiger partial charge in [0.2, 0.25) is 0 Å². The Morgan fingerprint density at radius 1 is 1.14 bits per heavy atom. The highest BCUT2D eigenvalue weighted by Gasteiger charge is 2.21. The highest BCUT2D eigenvalue weighted by Crippen LogP contribution is 2.16. The summed E-state index contributed by atoms with van der Waals surface area (Å²) in [6.45, 7) is 9.10. The molecule has 22 heavy (non-hydrogen) atoms. The first-order valence-corrected chi connectivity index (χ1v) is 8.01. The second kappa shape index (κ2) is 7.49. The van der Waals surface area contributed by atoms with Gasteiger partial charge in [-0.15, -0.1) is 0 Å². The van der Waals surface area contributed by atoms with Gasteiger partial charge in [0.15, 0.2) is 0 Å². The first-order chi connectivity index (χ1) is 10.5. The van der Waals surface area contributed by atoms with Gasteiger partial charge in [-0.1, -0.05) is 13.8 Å². The maximum Gasteiger partial charge on any atom is 0.321 e. The third-order valence-corrected chi connectivity index (χ3v) is 3.92. The topological polar surface area (TPSA) is 38.8 Å². The van der Waals surface area contributed by atoms with Crippen LogP contribution in [0.2, 0.25) is 0 Å². The standard InChI is InChI=1S/C17H28N4O/c1-14(2)13-20-9-11-21(12-10-20)17(22)18-15-5-7-16(8-6-15)19(3)4/h5-8,14H,9-13H2,1-4H3,(H,18,22). The molecular formula is C17H28N4O. The Bertz CT molecular complexity index is 476. The summed E-state index contributed by atoms with van der Waals surface area (Å²) in [4.78, 5) is 18.7. The van der Waals surface area contributed by atoms with Crippen LogP contribution < -0.4 is 10.2 Å². The van der Waals surface area contributed by atoms with E-state index < -0.39 is 0 Å². The Kier molecular flexibility index (Phi) is 5.66. The van der Waals surface area contributed by atoms with Crippen molar-refractivity contribution < 1.29 is 4.79 Å². The highest BCUT2D eigenvalue weighted by molar-refractivity contribution is 5.89. The lowest BCUT2D eigenvalue weighted by molar-refractivity contribution is 0.138. The number of benzene rings is 1. The maximum atomic E-state index is 12.3. The molecule has 0 saturated carbocycles. The number of rotatable bonds is 4. The summed E-state index contributed by atoms with van der Waals surface area (Å²) in [5.74, 6) is 0.676. The van der Waals surface area contributed by atoms with Gasteiger partial charge in [0.25, 0.3) is 0 Å². The van der Waals surface area contributed by atoms with E-state index in [2.05, 4.69) is 24.1 Å². The summed E-state index contributed by atoms with van der Waals surface area (Å²) in [5, 5.41) is 2.98. The second-order valence-corrected chi connectivity index (χ2v) is 6.55. The summed E-state index contributed by atoms with van der Waals surface area (Å²) >= 11 is 0. The van der Waals surface area contributed by atoms with Crippen LogP contribution in [0.4, 0.5) is 16.2 Å². The fourth-order valence-corrected chi connectivity index (χ4v) is 2.70. The van der Waals surface area contributed by atoms with Crippen molar-refractivity contribution in [3.05, 3.63) is 24.3 Å². The molecule has 1 N–H and O–H groups in total. The molecular weight excluding hydrogens is 276 g/mol. The molecule has 0 radical (unpaired) electrons. The molecule has 122 valence electrons. The van der Waals surface area contributed by atoms with Gasteiger partial charge in [0, 0.05) is 58.2 Å². The third kappa shape index (κ3) is 4.63. The lowest BCUT2D eigenvalue weighted by atomic mass is 10.2. The molecule has 0 spiro atoms. The largest absolute Gasteiger partial charge is 0.378 e. The minimum Gasteiger partial charge on any atom is -0.378 e. The van der Waals surface area contributed by atoms with Gasteiger partial charge in [-0.2, -0.15) is 0 Å². The summed E-state index contributed by atoms with van der Waals surface area (Å²) in [6, 6.07) is 7.92. The maximum absolute atomic E-state index is 12.3. The van der Waals surface area contributed by atoms with E-state index in [1.165, 1.54) is 0 Å². The van der Waals surface area contributed by atoms with E-state index >= 15 is 0 Å². The van der Waals surface area contributed by atoms with Crippen molar-refractivity contribution in [2.24, 2.45) is 5.92 Å². The van der Waals surface area contributed by atoms with Crippen molar-refractivity contribution >= 4 is 17.4 Å².